The minimum atomic E-state index is -0.208. The van der Waals surface area contributed by atoms with Gasteiger partial charge in [-0.05, 0) is 57.5 Å². The summed E-state index contributed by atoms with van der Waals surface area (Å²) >= 11 is 0. The first-order chi connectivity index (χ1) is 16.3. The van der Waals surface area contributed by atoms with Crippen LogP contribution < -0.4 is 15.6 Å². The Labute approximate surface area is 198 Å². The Morgan fingerprint density at radius 3 is 2.44 bits per heavy atom. The predicted molar refractivity (Wildman–Crippen MR) is 133 cm³/mol. The molecule has 0 bridgehead atoms. The molecule has 8 heteroatoms. The number of carbonyl (C=O) groups is 1. The molecular formula is C26H29N5O3. The molecule has 2 aromatic carbocycles. The largest absolute Gasteiger partial charge is 0.495 e. The summed E-state index contributed by atoms with van der Waals surface area (Å²) in [4.78, 5) is 30.6. The van der Waals surface area contributed by atoms with E-state index in [4.69, 9.17) is 4.74 Å². The number of benzene rings is 2. The fourth-order valence-corrected chi connectivity index (χ4v) is 4.00. The number of nitrogens with one attached hydrogen (secondary N) is 1. The Balaban J connectivity index is 1.64. The summed E-state index contributed by atoms with van der Waals surface area (Å²) in [7, 11) is 1.56. The molecule has 0 atom stereocenters. The Morgan fingerprint density at radius 2 is 1.76 bits per heavy atom. The predicted octanol–water partition coefficient (Wildman–Crippen LogP) is 4.11. The Kier molecular flexibility index (Phi) is 6.49. The lowest BCUT2D eigenvalue weighted by Crippen LogP contribution is -2.27. The molecule has 0 saturated carbocycles. The number of rotatable bonds is 7. The van der Waals surface area contributed by atoms with E-state index in [2.05, 4.69) is 15.4 Å². The van der Waals surface area contributed by atoms with Crippen LogP contribution in [-0.4, -0.2) is 32.3 Å². The topological polar surface area (TPSA) is 91.0 Å². The lowest BCUT2D eigenvalue weighted by atomic mass is 10.2. The molecule has 176 valence electrons. The first-order valence-corrected chi connectivity index (χ1v) is 11.3. The van der Waals surface area contributed by atoms with E-state index in [9.17, 15) is 9.59 Å². The van der Waals surface area contributed by atoms with Crippen LogP contribution in [0.15, 0.2) is 47.3 Å². The molecule has 0 aliphatic carbocycles. The van der Waals surface area contributed by atoms with Gasteiger partial charge in [0, 0.05) is 19.4 Å². The third kappa shape index (κ3) is 4.44. The zero-order valence-corrected chi connectivity index (χ0v) is 20.2. The standard InChI is InChI=1S/C26H29N5O3/c1-6-30-25-24(18(4)29-31(25)19-10-7-16(2)8-11-19)28-20(26(30)33)12-14-23(32)27-21-15-17(3)9-13-22(21)34-5/h7-11,13,15H,6,12,14H2,1-5H3,(H,27,32). The number of anilines is 1. The van der Waals surface area contributed by atoms with Gasteiger partial charge < -0.3 is 10.1 Å². The van der Waals surface area contributed by atoms with Gasteiger partial charge in [-0.3, -0.25) is 14.2 Å². The van der Waals surface area contributed by atoms with Gasteiger partial charge in [0.15, 0.2) is 5.65 Å². The van der Waals surface area contributed by atoms with Gasteiger partial charge in [-0.15, -0.1) is 0 Å². The maximum absolute atomic E-state index is 13.3. The second-order valence-electron chi connectivity index (χ2n) is 8.36. The molecule has 0 aliphatic heterocycles. The number of carbonyl (C=O) groups excluding carboxylic acids is 1. The third-order valence-electron chi connectivity index (χ3n) is 5.81. The van der Waals surface area contributed by atoms with E-state index < -0.39 is 0 Å². The number of nitrogens with zero attached hydrogens (tertiary/aromatic N) is 4. The minimum Gasteiger partial charge on any atom is -0.495 e. The van der Waals surface area contributed by atoms with Crippen LogP contribution in [0.4, 0.5) is 5.69 Å². The Morgan fingerprint density at radius 1 is 1.06 bits per heavy atom. The van der Waals surface area contributed by atoms with Crippen molar-refractivity contribution in [3.63, 3.8) is 0 Å². The first kappa shape index (κ1) is 23.2. The Hall–Kier alpha value is -3.94. The van der Waals surface area contributed by atoms with Gasteiger partial charge in [-0.1, -0.05) is 23.8 Å². The molecule has 4 rings (SSSR count). The Bertz CT molecular complexity index is 1420. The summed E-state index contributed by atoms with van der Waals surface area (Å²) in [5.41, 5.74) is 5.83. The number of amides is 1. The van der Waals surface area contributed by atoms with Gasteiger partial charge in [0.25, 0.3) is 5.56 Å². The van der Waals surface area contributed by atoms with Crippen LogP contribution >= 0.6 is 0 Å². The SMILES string of the molecule is CCn1c(=O)c(CCC(=O)Nc2cc(C)ccc2OC)nc2c(C)nn(-c3ccc(C)cc3)c21. The van der Waals surface area contributed by atoms with Gasteiger partial charge in [0.05, 0.1) is 24.2 Å². The first-order valence-electron chi connectivity index (χ1n) is 11.3. The summed E-state index contributed by atoms with van der Waals surface area (Å²) in [5.74, 6) is 0.381. The summed E-state index contributed by atoms with van der Waals surface area (Å²) in [6, 6.07) is 13.6. The highest BCUT2D eigenvalue weighted by atomic mass is 16.5. The quantitative estimate of drug-likeness (QED) is 0.449. The number of aromatic nitrogens is 4. The van der Waals surface area contributed by atoms with E-state index in [1.165, 1.54) is 0 Å². The monoisotopic (exact) mass is 459 g/mol. The molecule has 8 nitrogen and oxygen atoms in total. The van der Waals surface area contributed by atoms with Crippen LogP contribution in [-0.2, 0) is 17.8 Å². The van der Waals surface area contributed by atoms with Crippen LogP contribution in [0.25, 0.3) is 16.9 Å². The van der Waals surface area contributed by atoms with Crippen molar-refractivity contribution in [3.8, 4) is 11.4 Å². The number of hydrogen-bond donors (Lipinski definition) is 1. The third-order valence-corrected chi connectivity index (χ3v) is 5.81. The van der Waals surface area contributed by atoms with E-state index in [0.29, 0.717) is 34.8 Å². The average Bonchev–Trinajstić information content (AvgIpc) is 3.14. The van der Waals surface area contributed by atoms with Crippen molar-refractivity contribution in [1.29, 1.82) is 0 Å². The second-order valence-corrected chi connectivity index (χ2v) is 8.36. The molecule has 34 heavy (non-hydrogen) atoms. The van der Waals surface area contributed by atoms with Crippen molar-refractivity contribution in [2.45, 2.75) is 47.1 Å². The number of aryl methyl sites for hydroxylation is 5. The van der Waals surface area contributed by atoms with E-state index in [-0.39, 0.29) is 24.3 Å². The number of fused-ring (bicyclic) bond motifs is 1. The van der Waals surface area contributed by atoms with Crippen molar-refractivity contribution in [3.05, 3.63) is 75.3 Å². The summed E-state index contributed by atoms with van der Waals surface area (Å²) in [6.07, 6.45) is 0.351. The zero-order chi connectivity index (χ0) is 24.4. The second kappa shape index (κ2) is 9.51. The van der Waals surface area contributed by atoms with E-state index in [1.54, 1.807) is 16.4 Å². The van der Waals surface area contributed by atoms with Crippen molar-refractivity contribution in [2.75, 3.05) is 12.4 Å². The molecule has 0 unspecified atom stereocenters. The number of hydrogen-bond acceptors (Lipinski definition) is 5. The van der Waals surface area contributed by atoms with Gasteiger partial charge >= 0.3 is 0 Å². The van der Waals surface area contributed by atoms with Crippen LogP contribution in [0, 0.1) is 20.8 Å². The van der Waals surface area contributed by atoms with Crippen LogP contribution in [0.5, 0.6) is 5.75 Å². The van der Waals surface area contributed by atoms with Crippen LogP contribution in [0.1, 0.15) is 35.9 Å². The lowest BCUT2D eigenvalue weighted by molar-refractivity contribution is -0.116. The summed E-state index contributed by atoms with van der Waals surface area (Å²) in [6.45, 7) is 8.24. The van der Waals surface area contributed by atoms with Crippen LogP contribution in [0.2, 0.25) is 0 Å². The molecular weight excluding hydrogens is 430 g/mol. The van der Waals surface area contributed by atoms with Crippen molar-refractivity contribution in [1.82, 2.24) is 19.3 Å². The van der Waals surface area contributed by atoms with Gasteiger partial charge in [-0.25, -0.2) is 9.67 Å². The molecule has 4 aromatic rings. The van der Waals surface area contributed by atoms with Crippen molar-refractivity contribution in [2.24, 2.45) is 0 Å². The highest BCUT2D eigenvalue weighted by Crippen LogP contribution is 2.25. The summed E-state index contributed by atoms with van der Waals surface area (Å²) in [5, 5.41) is 7.54. The van der Waals surface area contributed by atoms with E-state index in [0.717, 1.165) is 22.5 Å². The van der Waals surface area contributed by atoms with Crippen molar-refractivity contribution >= 4 is 22.8 Å². The lowest BCUT2D eigenvalue weighted by Gasteiger charge is -2.12. The molecule has 1 N–H and O–H groups in total. The number of ether oxygens (including phenoxy) is 1. The fourth-order valence-electron chi connectivity index (χ4n) is 4.00. The summed E-state index contributed by atoms with van der Waals surface area (Å²) < 4.78 is 8.78. The molecule has 0 saturated heterocycles. The van der Waals surface area contributed by atoms with E-state index in [1.807, 2.05) is 70.2 Å². The molecule has 2 heterocycles. The maximum atomic E-state index is 13.3. The average molecular weight is 460 g/mol. The molecule has 0 aliphatic rings. The maximum Gasteiger partial charge on any atom is 0.273 e. The minimum absolute atomic E-state index is 0.125. The molecule has 0 radical (unpaired) electrons. The van der Waals surface area contributed by atoms with Gasteiger partial charge in [0.1, 0.15) is 17.0 Å². The van der Waals surface area contributed by atoms with Gasteiger partial charge in [-0.2, -0.15) is 5.10 Å². The van der Waals surface area contributed by atoms with Crippen molar-refractivity contribution < 1.29 is 9.53 Å². The smallest absolute Gasteiger partial charge is 0.273 e. The number of methoxy groups -OCH3 is 1. The molecule has 0 fully saturated rings. The highest BCUT2D eigenvalue weighted by Gasteiger charge is 2.19. The van der Waals surface area contributed by atoms with Gasteiger partial charge in [0.2, 0.25) is 5.91 Å². The van der Waals surface area contributed by atoms with Crippen LogP contribution in [0.3, 0.4) is 0 Å². The molecule has 0 spiro atoms. The van der Waals surface area contributed by atoms with E-state index >= 15 is 0 Å². The zero-order valence-electron chi connectivity index (χ0n) is 20.2. The molecule has 2 aromatic heterocycles. The normalized spacial score (nSPS) is 11.1. The molecule has 1 amide bonds. The fraction of sp³-hybridized carbons (Fsp3) is 0.308. The highest BCUT2D eigenvalue weighted by molar-refractivity contribution is 5.92.